The molecule has 140 valence electrons. The molecule has 3 nitrogen and oxygen atoms in total. The number of carbonyl (C=O) groups is 1. The van der Waals surface area contributed by atoms with Gasteiger partial charge in [-0.05, 0) is 18.1 Å². The van der Waals surface area contributed by atoms with E-state index in [4.69, 9.17) is 5.73 Å². The maximum absolute atomic E-state index is 13.2. The van der Waals surface area contributed by atoms with E-state index in [1.807, 2.05) is 53.9 Å². The molecule has 2 aromatic rings. The summed E-state index contributed by atoms with van der Waals surface area (Å²) in [7, 11) is 0. The lowest BCUT2D eigenvalue weighted by atomic mass is 9.93. The van der Waals surface area contributed by atoms with Gasteiger partial charge in [0, 0.05) is 24.1 Å². The molecular weight excluding hydrogens is 364 g/mol. The van der Waals surface area contributed by atoms with E-state index >= 15 is 0 Å². The van der Waals surface area contributed by atoms with Crippen molar-refractivity contribution < 1.29 is 4.79 Å². The molecule has 1 saturated heterocycles. The second-order valence-corrected chi connectivity index (χ2v) is 7.91. The molecule has 3 atom stereocenters. The molecule has 1 aliphatic heterocycles. The molecule has 0 radical (unpaired) electrons. The van der Waals surface area contributed by atoms with Crippen LogP contribution in [0.3, 0.4) is 0 Å². The summed E-state index contributed by atoms with van der Waals surface area (Å²) in [5, 5.41) is 0. The monoisotopic (exact) mass is 390 g/mol. The van der Waals surface area contributed by atoms with E-state index in [-0.39, 0.29) is 36.3 Å². The van der Waals surface area contributed by atoms with E-state index in [0.717, 1.165) is 23.6 Å². The van der Waals surface area contributed by atoms with Crippen molar-refractivity contribution in [3.63, 3.8) is 0 Å². The number of aryl methyl sites for hydroxylation is 1. The quantitative estimate of drug-likeness (QED) is 0.843. The van der Waals surface area contributed by atoms with Crippen LogP contribution in [0.4, 0.5) is 0 Å². The van der Waals surface area contributed by atoms with Gasteiger partial charge in [-0.15, -0.1) is 12.4 Å². The largest absolute Gasteiger partial charge is 0.334 e. The first kappa shape index (κ1) is 20.8. The average molecular weight is 391 g/mol. The normalized spacial score (nSPS) is 19.3. The van der Waals surface area contributed by atoms with E-state index in [1.54, 1.807) is 0 Å². The smallest absolute Gasteiger partial charge is 0.227 e. The highest BCUT2D eigenvalue weighted by Crippen LogP contribution is 2.32. The predicted molar refractivity (Wildman–Crippen MR) is 113 cm³/mol. The maximum atomic E-state index is 13.2. The van der Waals surface area contributed by atoms with Crippen LogP contribution in [0.15, 0.2) is 54.6 Å². The zero-order chi connectivity index (χ0) is 17.8. The molecule has 26 heavy (non-hydrogen) atoms. The topological polar surface area (TPSA) is 46.3 Å². The molecule has 1 amide bonds. The second-order valence-electron chi connectivity index (χ2n) is 6.76. The van der Waals surface area contributed by atoms with Gasteiger partial charge in [0.25, 0.3) is 0 Å². The third-order valence-electron chi connectivity index (χ3n) is 4.99. The number of hydrogen-bond donors (Lipinski definition) is 1. The van der Waals surface area contributed by atoms with Gasteiger partial charge in [0.15, 0.2) is 0 Å². The van der Waals surface area contributed by atoms with Gasteiger partial charge in [0.05, 0.1) is 12.0 Å². The van der Waals surface area contributed by atoms with Gasteiger partial charge in [-0.1, -0.05) is 67.1 Å². The van der Waals surface area contributed by atoms with Crippen molar-refractivity contribution in [3.8, 4) is 0 Å². The molecule has 2 N–H and O–H groups in total. The third-order valence-corrected chi connectivity index (χ3v) is 6.01. The molecule has 0 aromatic heterocycles. The van der Waals surface area contributed by atoms with Gasteiger partial charge in [-0.3, -0.25) is 4.79 Å². The SMILES string of the molecule is Cc1ccc(C2CSCCN2C(=O)C(C)C(N)c2ccccc2)cc1.Cl. The average Bonchev–Trinajstić information content (AvgIpc) is 2.67. The Morgan fingerprint density at radius 3 is 2.46 bits per heavy atom. The van der Waals surface area contributed by atoms with Gasteiger partial charge in [0.1, 0.15) is 0 Å². The summed E-state index contributed by atoms with van der Waals surface area (Å²) in [4.78, 5) is 15.2. The van der Waals surface area contributed by atoms with E-state index in [2.05, 4.69) is 31.2 Å². The summed E-state index contributed by atoms with van der Waals surface area (Å²) < 4.78 is 0. The molecule has 1 heterocycles. The number of amides is 1. The Kier molecular flexibility index (Phi) is 7.56. The standard InChI is InChI=1S/C21H26N2OS.ClH/c1-15-8-10-17(11-9-15)19-14-25-13-12-23(19)21(24)16(2)20(22)18-6-4-3-5-7-18;/h3-11,16,19-20H,12-14,22H2,1-2H3;1H. The number of carbonyl (C=O) groups excluding carboxylic acids is 1. The minimum Gasteiger partial charge on any atom is -0.334 e. The summed E-state index contributed by atoms with van der Waals surface area (Å²) in [6, 6.07) is 18.3. The first-order valence-electron chi connectivity index (χ1n) is 8.83. The van der Waals surface area contributed by atoms with Crippen LogP contribution < -0.4 is 5.73 Å². The lowest BCUT2D eigenvalue weighted by Crippen LogP contribution is -2.45. The third kappa shape index (κ3) is 4.61. The number of benzene rings is 2. The summed E-state index contributed by atoms with van der Waals surface area (Å²) in [5.41, 5.74) is 9.87. The number of rotatable bonds is 4. The fourth-order valence-electron chi connectivity index (χ4n) is 3.31. The molecular formula is C21H27ClN2OS. The van der Waals surface area contributed by atoms with Crippen LogP contribution in [-0.2, 0) is 4.79 Å². The number of nitrogens with two attached hydrogens (primary N) is 1. The summed E-state index contributed by atoms with van der Waals surface area (Å²) in [5.74, 6) is 1.85. The zero-order valence-corrected chi connectivity index (χ0v) is 16.9. The molecule has 0 bridgehead atoms. The number of hydrogen-bond acceptors (Lipinski definition) is 3. The van der Waals surface area contributed by atoms with Crippen molar-refractivity contribution in [1.29, 1.82) is 0 Å². The van der Waals surface area contributed by atoms with Gasteiger partial charge < -0.3 is 10.6 Å². The Morgan fingerprint density at radius 2 is 1.81 bits per heavy atom. The minimum atomic E-state index is -0.276. The van der Waals surface area contributed by atoms with Gasteiger partial charge in [0.2, 0.25) is 5.91 Å². The Hall–Kier alpha value is -1.49. The Bertz CT molecular complexity index is 708. The van der Waals surface area contributed by atoms with Crippen LogP contribution in [0, 0.1) is 12.8 Å². The summed E-state index contributed by atoms with van der Waals surface area (Å²) in [6.07, 6.45) is 0. The highest BCUT2D eigenvalue weighted by molar-refractivity contribution is 7.99. The second kappa shape index (κ2) is 9.45. The minimum absolute atomic E-state index is 0. The van der Waals surface area contributed by atoms with Crippen LogP contribution in [0.25, 0.3) is 0 Å². The number of halogens is 1. The lowest BCUT2D eigenvalue weighted by molar-refractivity contribution is -0.137. The van der Waals surface area contributed by atoms with Crippen LogP contribution >= 0.6 is 24.2 Å². The van der Waals surface area contributed by atoms with Gasteiger partial charge in [-0.2, -0.15) is 11.8 Å². The molecule has 2 aromatic carbocycles. The fourth-order valence-corrected chi connectivity index (χ4v) is 4.40. The highest BCUT2D eigenvalue weighted by atomic mass is 35.5. The van der Waals surface area contributed by atoms with Crippen molar-refractivity contribution in [2.45, 2.75) is 25.9 Å². The molecule has 0 aliphatic carbocycles. The van der Waals surface area contributed by atoms with Crippen molar-refractivity contribution >= 4 is 30.1 Å². The van der Waals surface area contributed by atoms with Crippen molar-refractivity contribution in [3.05, 3.63) is 71.3 Å². The fraction of sp³-hybridized carbons (Fsp3) is 0.381. The Balaban J connectivity index is 0.00000243. The molecule has 0 spiro atoms. The van der Waals surface area contributed by atoms with Crippen LogP contribution in [0.2, 0.25) is 0 Å². The van der Waals surface area contributed by atoms with E-state index in [1.165, 1.54) is 11.1 Å². The lowest BCUT2D eigenvalue weighted by Gasteiger charge is -2.38. The van der Waals surface area contributed by atoms with Crippen molar-refractivity contribution in [2.75, 3.05) is 18.1 Å². The van der Waals surface area contributed by atoms with Gasteiger partial charge in [-0.25, -0.2) is 0 Å². The van der Waals surface area contributed by atoms with E-state index < -0.39 is 0 Å². The zero-order valence-electron chi connectivity index (χ0n) is 15.3. The van der Waals surface area contributed by atoms with E-state index in [0.29, 0.717) is 0 Å². The molecule has 1 fully saturated rings. The first-order valence-corrected chi connectivity index (χ1v) is 9.98. The van der Waals surface area contributed by atoms with Crippen molar-refractivity contribution in [2.24, 2.45) is 11.7 Å². The van der Waals surface area contributed by atoms with Crippen LogP contribution in [-0.4, -0.2) is 28.9 Å². The molecule has 3 unspecified atom stereocenters. The highest BCUT2D eigenvalue weighted by Gasteiger charge is 2.33. The number of thioether (sulfide) groups is 1. The molecule has 3 rings (SSSR count). The van der Waals surface area contributed by atoms with E-state index in [9.17, 15) is 4.79 Å². The first-order chi connectivity index (χ1) is 12.1. The summed E-state index contributed by atoms with van der Waals surface area (Å²) in [6.45, 7) is 4.82. The van der Waals surface area contributed by atoms with Crippen LogP contribution in [0.1, 0.15) is 35.7 Å². The van der Waals surface area contributed by atoms with Gasteiger partial charge >= 0.3 is 0 Å². The summed E-state index contributed by atoms with van der Waals surface area (Å²) >= 11 is 1.91. The predicted octanol–water partition coefficient (Wildman–Crippen LogP) is 4.37. The molecule has 5 heteroatoms. The number of nitrogens with zero attached hydrogens (tertiary/aromatic N) is 1. The molecule has 1 aliphatic rings. The maximum Gasteiger partial charge on any atom is 0.227 e. The Morgan fingerprint density at radius 1 is 1.15 bits per heavy atom. The van der Waals surface area contributed by atoms with Crippen molar-refractivity contribution in [1.82, 2.24) is 4.90 Å². The van der Waals surface area contributed by atoms with Crippen LogP contribution in [0.5, 0.6) is 0 Å². The molecule has 0 saturated carbocycles. The Labute approximate surface area is 166 Å².